The Hall–Kier alpha value is -1.42. The summed E-state index contributed by atoms with van der Waals surface area (Å²) in [6, 6.07) is 3.76. The molecule has 1 rings (SSSR count). The van der Waals surface area contributed by atoms with Crippen LogP contribution in [0, 0.1) is 5.41 Å². The van der Waals surface area contributed by atoms with E-state index in [4.69, 9.17) is 5.73 Å². The summed E-state index contributed by atoms with van der Waals surface area (Å²) >= 11 is 0. The summed E-state index contributed by atoms with van der Waals surface area (Å²) in [5, 5.41) is 2.98. The molecule has 0 fully saturated rings. The third kappa shape index (κ3) is 3.27. The Labute approximate surface area is 103 Å². The monoisotopic (exact) mass is 235 g/mol. The van der Waals surface area contributed by atoms with Gasteiger partial charge in [-0.25, -0.2) is 0 Å². The van der Waals surface area contributed by atoms with Crippen LogP contribution in [-0.4, -0.2) is 17.4 Å². The molecule has 94 valence electrons. The highest BCUT2D eigenvalue weighted by Crippen LogP contribution is 2.21. The number of aromatic nitrogens is 1. The summed E-state index contributed by atoms with van der Waals surface area (Å²) in [5.74, 6) is -0.00106. The molecule has 1 aromatic heterocycles. The Morgan fingerprint density at radius 1 is 1.65 bits per heavy atom. The number of nitrogens with two attached hydrogens (primary N) is 1. The van der Waals surface area contributed by atoms with Crippen LogP contribution < -0.4 is 11.1 Å². The maximum absolute atomic E-state index is 12.1. The smallest absolute Gasteiger partial charge is 0.227 e. The first-order valence-electron chi connectivity index (χ1n) is 5.94. The first-order valence-corrected chi connectivity index (χ1v) is 5.94. The number of hydrogen-bond acceptors (Lipinski definition) is 3. The van der Waals surface area contributed by atoms with E-state index in [1.54, 1.807) is 12.4 Å². The fourth-order valence-electron chi connectivity index (χ4n) is 1.48. The summed E-state index contributed by atoms with van der Waals surface area (Å²) in [4.78, 5) is 16.1. The van der Waals surface area contributed by atoms with Gasteiger partial charge in [0.2, 0.25) is 5.91 Å². The molecule has 0 radical (unpaired) electrons. The van der Waals surface area contributed by atoms with E-state index < -0.39 is 5.41 Å². The number of nitrogens with one attached hydrogen (secondary N) is 1. The zero-order valence-corrected chi connectivity index (χ0v) is 10.7. The minimum Gasteiger partial charge on any atom is -0.349 e. The molecule has 0 aliphatic heterocycles. The highest BCUT2D eigenvalue weighted by Gasteiger charge is 2.30. The second kappa shape index (κ2) is 5.77. The molecule has 4 heteroatoms. The van der Waals surface area contributed by atoms with Gasteiger partial charge in [0, 0.05) is 18.9 Å². The van der Waals surface area contributed by atoms with E-state index >= 15 is 0 Å². The first kappa shape index (κ1) is 13.6. The third-order valence-electron chi connectivity index (χ3n) is 3.31. The highest BCUT2D eigenvalue weighted by atomic mass is 16.2. The van der Waals surface area contributed by atoms with Crippen molar-refractivity contribution in [1.29, 1.82) is 0 Å². The van der Waals surface area contributed by atoms with Crippen molar-refractivity contribution in [2.75, 3.05) is 6.54 Å². The van der Waals surface area contributed by atoms with Gasteiger partial charge in [0.05, 0.1) is 11.5 Å². The maximum atomic E-state index is 12.1. The van der Waals surface area contributed by atoms with Gasteiger partial charge in [0.1, 0.15) is 0 Å². The lowest BCUT2D eigenvalue weighted by atomic mass is 9.86. The zero-order valence-electron chi connectivity index (χ0n) is 10.7. The van der Waals surface area contributed by atoms with E-state index in [0.717, 1.165) is 12.0 Å². The molecule has 0 saturated heterocycles. The molecule has 4 nitrogen and oxygen atoms in total. The normalized spacial score (nSPS) is 16.0. The van der Waals surface area contributed by atoms with Crippen molar-refractivity contribution in [2.24, 2.45) is 11.1 Å². The SMILES string of the molecule is CCC(C)(CN)C(=O)N[C@H](C)c1cccnc1. The summed E-state index contributed by atoms with van der Waals surface area (Å²) in [6.45, 7) is 6.16. The van der Waals surface area contributed by atoms with Crippen LogP contribution in [0.2, 0.25) is 0 Å². The molecule has 0 aliphatic carbocycles. The number of rotatable bonds is 5. The largest absolute Gasteiger partial charge is 0.349 e. The van der Waals surface area contributed by atoms with E-state index in [1.165, 1.54) is 0 Å². The summed E-state index contributed by atoms with van der Waals surface area (Å²) in [5.41, 5.74) is 6.17. The third-order valence-corrected chi connectivity index (χ3v) is 3.31. The molecule has 1 heterocycles. The molecule has 0 bridgehead atoms. The Kier molecular flexibility index (Phi) is 4.63. The van der Waals surface area contributed by atoms with E-state index in [2.05, 4.69) is 10.3 Å². The van der Waals surface area contributed by atoms with E-state index in [0.29, 0.717) is 6.54 Å². The molecule has 3 N–H and O–H groups in total. The van der Waals surface area contributed by atoms with Crippen LogP contribution in [0.25, 0.3) is 0 Å². The van der Waals surface area contributed by atoms with Gasteiger partial charge in [0.25, 0.3) is 0 Å². The van der Waals surface area contributed by atoms with Crippen LogP contribution in [0.4, 0.5) is 0 Å². The summed E-state index contributed by atoms with van der Waals surface area (Å²) < 4.78 is 0. The van der Waals surface area contributed by atoms with Crippen LogP contribution in [0.1, 0.15) is 38.8 Å². The lowest BCUT2D eigenvalue weighted by molar-refractivity contribution is -0.130. The van der Waals surface area contributed by atoms with E-state index in [1.807, 2.05) is 32.9 Å². The van der Waals surface area contributed by atoms with Gasteiger partial charge in [0.15, 0.2) is 0 Å². The molecule has 2 atom stereocenters. The predicted octanol–water partition coefficient (Wildman–Crippen LogP) is 1.63. The van der Waals surface area contributed by atoms with E-state index in [-0.39, 0.29) is 11.9 Å². The maximum Gasteiger partial charge on any atom is 0.227 e. The quantitative estimate of drug-likeness (QED) is 0.815. The Morgan fingerprint density at radius 3 is 2.82 bits per heavy atom. The van der Waals surface area contributed by atoms with Crippen LogP contribution >= 0.6 is 0 Å². The van der Waals surface area contributed by atoms with Gasteiger partial charge in [-0.15, -0.1) is 0 Å². The van der Waals surface area contributed by atoms with Gasteiger partial charge >= 0.3 is 0 Å². The summed E-state index contributed by atoms with van der Waals surface area (Å²) in [6.07, 6.45) is 4.21. The number of pyridine rings is 1. The molecule has 1 aromatic rings. The van der Waals surface area contributed by atoms with Crippen LogP contribution in [0.15, 0.2) is 24.5 Å². The number of nitrogens with zero attached hydrogens (tertiary/aromatic N) is 1. The van der Waals surface area contributed by atoms with Crippen molar-refractivity contribution in [3.05, 3.63) is 30.1 Å². The van der Waals surface area contributed by atoms with Gasteiger partial charge in [-0.3, -0.25) is 9.78 Å². The van der Waals surface area contributed by atoms with Gasteiger partial charge in [-0.05, 0) is 31.9 Å². The molecule has 0 saturated carbocycles. The van der Waals surface area contributed by atoms with Crippen LogP contribution in [-0.2, 0) is 4.79 Å². The van der Waals surface area contributed by atoms with Gasteiger partial charge < -0.3 is 11.1 Å². The van der Waals surface area contributed by atoms with E-state index in [9.17, 15) is 4.79 Å². The van der Waals surface area contributed by atoms with Crippen molar-refractivity contribution in [2.45, 2.75) is 33.2 Å². The average Bonchev–Trinajstić information content (AvgIpc) is 2.38. The minimum atomic E-state index is -0.490. The molecule has 0 aliphatic rings. The van der Waals surface area contributed by atoms with Gasteiger partial charge in [-0.2, -0.15) is 0 Å². The molecular weight excluding hydrogens is 214 g/mol. The number of carbonyl (C=O) groups is 1. The lowest BCUT2D eigenvalue weighted by Crippen LogP contribution is -2.44. The van der Waals surface area contributed by atoms with Gasteiger partial charge in [-0.1, -0.05) is 13.0 Å². The molecule has 1 unspecified atom stereocenters. The number of carbonyl (C=O) groups excluding carboxylic acids is 1. The summed E-state index contributed by atoms with van der Waals surface area (Å²) in [7, 11) is 0. The second-order valence-electron chi connectivity index (χ2n) is 4.60. The van der Waals surface area contributed by atoms with Crippen molar-refractivity contribution >= 4 is 5.91 Å². The first-order chi connectivity index (χ1) is 8.03. The fraction of sp³-hybridized carbons (Fsp3) is 0.538. The van der Waals surface area contributed by atoms with Crippen LogP contribution in [0.5, 0.6) is 0 Å². The van der Waals surface area contributed by atoms with Crippen molar-refractivity contribution in [1.82, 2.24) is 10.3 Å². The van der Waals surface area contributed by atoms with Crippen molar-refractivity contribution < 1.29 is 4.79 Å². The molecule has 17 heavy (non-hydrogen) atoms. The van der Waals surface area contributed by atoms with Crippen molar-refractivity contribution in [3.8, 4) is 0 Å². The number of amides is 1. The van der Waals surface area contributed by atoms with Crippen LogP contribution in [0.3, 0.4) is 0 Å². The minimum absolute atomic E-state index is 0.00106. The van der Waals surface area contributed by atoms with Crippen molar-refractivity contribution in [3.63, 3.8) is 0 Å². The second-order valence-corrected chi connectivity index (χ2v) is 4.60. The lowest BCUT2D eigenvalue weighted by Gasteiger charge is -2.27. The standard InChI is InChI=1S/C13H21N3O/c1-4-13(3,9-14)12(17)16-10(2)11-6-5-7-15-8-11/h5-8,10H,4,9,14H2,1-3H3,(H,16,17)/t10-,13?/m1/s1. The molecule has 1 amide bonds. The topological polar surface area (TPSA) is 68.0 Å². The fourth-order valence-corrected chi connectivity index (χ4v) is 1.48. The average molecular weight is 235 g/mol. The Bertz CT molecular complexity index is 360. The Morgan fingerprint density at radius 2 is 2.35 bits per heavy atom. The molecule has 0 aromatic carbocycles. The predicted molar refractivity (Wildman–Crippen MR) is 68.2 cm³/mol. The zero-order chi connectivity index (χ0) is 12.9. The molecule has 0 spiro atoms. The number of hydrogen-bond donors (Lipinski definition) is 2. The molecular formula is C13H21N3O. The Balaban J connectivity index is 2.69. The highest BCUT2D eigenvalue weighted by molar-refractivity contribution is 5.82.